The average Bonchev–Trinajstić information content (AvgIpc) is 2.43. The van der Waals surface area contributed by atoms with Gasteiger partial charge in [-0.1, -0.05) is 18.7 Å². The molecule has 0 aliphatic heterocycles. The van der Waals surface area contributed by atoms with Gasteiger partial charge in [0.25, 0.3) is 0 Å². The summed E-state index contributed by atoms with van der Waals surface area (Å²) in [6.07, 6.45) is 1.48. The van der Waals surface area contributed by atoms with Gasteiger partial charge in [0.1, 0.15) is 0 Å². The minimum atomic E-state index is -0.349. The second-order valence-electron chi connectivity index (χ2n) is 4.63. The van der Waals surface area contributed by atoms with E-state index in [2.05, 4.69) is 6.58 Å². The maximum Gasteiger partial charge on any atom is 0.333 e. The molecule has 0 aliphatic rings. The molecule has 20 heavy (non-hydrogen) atoms. The van der Waals surface area contributed by atoms with Crippen LogP contribution >= 0.6 is 0 Å². The molecule has 0 saturated carbocycles. The highest BCUT2D eigenvalue weighted by Crippen LogP contribution is 2.34. The lowest BCUT2D eigenvalue weighted by molar-refractivity contribution is -0.139. The predicted molar refractivity (Wildman–Crippen MR) is 78.4 cm³/mol. The Balaban J connectivity index is 2.64. The molecule has 4 heteroatoms. The van der Waals surface area contributed by atoms with E-state index in [1.54, 1.807) is 21.1 Å². The number of esters is 1. The summed E-state index contributed by atoms with van der Waals surface area (Å²) in [5.41, 5.74) is 2.49. The number of hydrogen-bond acceptors (Lipinski definition) is 4. The molecular formula is C16H22O4. The van der Waals surface area contributed by atoms with Crippen molar-refractivity contribution in [3.05, 3.63) is 35.4 Å². The van der Waals surface area contributed by atoms with Crippen molar-refractivity contribution in [1.82, 2.24) is 0 Å². The molecule has 0 amide bonds. The summed E-state index contributed by atoms with van der Waals surface area (Å²) in [5.74, 6) is 1.15. The largest absolute Gasteiger partial charge is 0.493 e. The summed E-state index contributed by atoms with van der Waals surface area (Å²) >= 11 is 0. The van der Waals surface area contributed by atoms with Crippen LogP contribution in [-0.2, 0) is 16.0 Å². The lowest BCUT2D eigenvalue weighted by Crippen LogP contribution is -2.07. The van der Waals surface area contributed by atoms with E-state index in [-0.39, 0.29) is 5.97 Å². The molecule has 0 heterocycles. The SMILES string of the molecule is C=C(C)C(=O)OCCCc1ccc(C)c(OC)c1OC. The first-order chi connectivity index (χ1) is 9.51. The van der Waals surface area contributed by atoms with E-state index in [0.717, 1.165) is 35.5 Å². The Kier molecular flexibility index (Phi) is 6.10. The number of carbonyl (C=O) groups excluding carboxylic acids is 1. The lowest BCUT2D eigenvalue weighted by atomic mass is 10.1. The zero-order valence-electron chi connectivity index (χ0n) is 12.6. The van der Waals surface area contributed by atoms with Gasteiger partial charge in [-0.3, -0.25) is 0 Å². The predicted octanol–water partition coefficient (Wildman–Crippen LogP) is 3.06. The van der Waals surface area contributed by atoms with Gasteiger partial charge in [-0.25, -0.2) is 4.79 Å². The van der Waals surface area contributed by atoms with E-state index < -0.39 is 0 Å². The summed E-state index contributed by atoms with van der Waals surface area (Å²) in [6.45, 7) is 7.51. The maximum atomic E-state index is 11.3. The molecule has 0 radical (unpaired) electrons. The fraction of sp³-hybridized carbons (Fsp3) is 0.438. The van der Waals surface area contributed by atoms with Crippen LogP contribution in [-0.4, -0.2) is 26.8 Å². The molecule has 110 valence electrons. The van der Waals surface area contributed by atoms with Crippen molar-refractivity contribution < 1.29 is 19.0 Å². The van der Waals surface area contributed by atoms with Crippen LogP contribution in [0.1, 0.15) is 24.5 Å². The fourth-order valence-electron chi connectivity index (χ4n) is 1.93. The second-order valence-corrected chi connectivity index (χ2v) is 4.63. The van der Waals surface area contributed by atoms with Gasteiger partial charge in [0, 0.05) is 5.57 Å². The number of aryl methyl sites for hydroxylation is 2. The Bertz CT molecular complexity index is 491. The fourth-order valence-corrected chi connectivity index (χ4v) is 1.93. The Morgan fingerprint density at radius 1 is 1.20 bits per heavy atom. The molecule has 0 unspecified atom stereocenters. The Hall–Kier alpha value is -1.97. The Labute approximate surface area is 120 Å². The molecule has 0 saturated heterocycles. The van der Waals surface area contributed by atoms with Gasteiger partial charge in [0.2, 0.25) is 0 Å². The van der Waals surface area contributed by atoms with Gasteiger partial charge in [0.15, 0.2) is 11.5 Å². The summed E-state index contributed by atoms with van der Waals surface area (Å²) < 4.78 is 15.8. The molecule has 1 aromatic carbocycles. The first-order valence-electron chi connectivity index (χ1n) is 6.54. The first-order valence-corrected chi connectivity index (χ1v) is 6.54. The van der Waals surface area contributed by atoms with Crippen molar-refractivity contribution in [2.75, 3.05) is 20.8 Å². The van der Waals surface area contributed by atoms with Crippen molar-refractivity contribution in [1.29, 1.82) is 0 Å². The molecule has 0 fully saturated rings. The van der Waals surface area contributed by atoms with Crippen molar-refractivity contribution >= 4 is 5.97 Å². The molecule has 0 spiro atoms. The van der Waals surface area contributed by atoms with Gasteiger partial charge in [-0.2, -0.15) is 0 Å². The van der Waals surface area contributed by atoms with Gasteiger partial charge in [0.05, 0.1) is 20.8 Å². The molecule has 1 aromatic rings. The molecule has 1 rings (SSSR count). The molecule has 4 nitrogen and oxygen atoms in total. The Morgan fingerprint density at radius 3 is 2.40 bits per heavy atom. The van der Waals surface area contributed by atoms with Crippen LogP contribution in [0.4, 0.5) is 0 Å². The van der Waals surface area contributed by atoms with Gasteiger partial charge in [-0.05, 0) is 37.8 Å². The van der Waals surface area contributed by atoms with Crippen LogP contribution < -0.4 is 9.47 Å². The summed E-state index contributed by atoms with van der Waals surface area (Å²) in [6, 6.07) is 4.01. The number of benzene rings is 1. The van der Waals surface area contributed by atoms with Crippen LogP contribution in [0.3, 0.4) is 0 Å². The molecule has 0 bridgehead atoms. The monoisotopic (exact) mass is 278 g/mol. The van der Waals surface area contributed by atoms with Crippen LogP contribution in [0, 0.1) is 6.92 Å². The van der Waals surface area contributed by atoms with E-state index >= 15 is 0 Å². The minimum Gasteiger partial charge on any atom is -0.493 e. The quantitative estimate of drug-likeness (QED) is 0.437. The number of hydrogen-bond donors (Lipinski definition) is 0. The molecule has 0 aromatic heterocycles. The molecule has 0 aliphatic carbocycles. The van der Waals surface area contributed by atoms with Crippen molar-refractivity contribution in [3.8, 4) is 11.5 Å². The van der Waals surface area contributed by atoms with Crippen LogP contribution in [0.25, 0.3) is 0 Å². The number of carbonyl (C=O) groups is 1. The van der Waals surface area contributed by atoms with Crippen LogP contribution in [0.15, 0.2) is 24.3 Å². The maximum absolute atomic E-state index is 11.3. The lowest BCUT2D eigenvalue weighted by Gasteiger charge is -2.14. The van der Waals surface area contributed by atoms with E-state index in [4.69, 9.17) is 14.2 Å². The van der Waals surface area contributed by atoms with Crippen molar-refractivity contribution in [2.45, 2.75) is 26.7 Å². The third-order valence-electron chi connectivity index (χ3n) is 2.97. The first kappa shape index (κ1) is 16.1. The highest BCUT2D eigenvalue weighted by atomic mass is 16.5. The van der Waals surface area contributed by atoms with Crippen LogP contribution in [0.5, 0.6) is 11.5 Å². The van der Waals surface area contributed by atoms with E-state index in [9.17, 15) is 4.79 Å². The van der Waals surface area contributed by atoms with Crippen molar-refractivity contribution in [2.24, 2.45) is 0 Å². The third kappa shape index (κ3) is 4.02. The van der Waals surface area contributed by atoms with Gasteiger partial charge < -0.3 is 14.2 Å². The van der Waals surface area contributed by atoms with Gasteiger partial charge >= 0.3 is 5.97 Å². The number of rotatable bonds is 7. The molecule has 0 N–H and O–H groups in total. The normalized spacial score (nSPS) is 10.0. The second kappa shape index (κ2) is 7.58. The smallest absolute Gasteiger partial charge is 0.333 e. The Morgan fingerprint density at radius 2 is 1.85 bits per heavy atom. The van der Waals surface area contributed by atoms with Gasteiger partial charge in [-0.15, -0.1) is 0 Å². The molecular weight excluding hydrogens is 256 g/mol. The number of ether oxygens (including phenoxy) is 3. The van der Waals surface area contributed by atoms with E-state index in [1.165, 1.54) is 0 Å². The van der Waals surface area contributed by atoms with Crippen molar-refractivity contribution in [3.63, 3.8) is 0 Å². The van der Waals surface area contributed by atoms with Crippen LogP contribution in [0.2, 0.25) is 0 Å². The average molecular weight is 278 g/mol. The standard InChI is InChI=1S/C16H22O4/c1-11(2)16(17)20-10-6-7-13-9-8-12(3)14(18-4)15(13)19-5/h8-9H,1,6-7,10H2,2-5H3. The zero-order valence-corrected chi connectivity index (χ0v) is 12.6. The zero-order chi connectivity index (χ0) is 15.1. The third-order valence-corrected chi connectivity index (χ3v) is 2.97. The summed E-state index contributed by atoms with van der Waals surface area (Å²) in [7, 11) is 3.26. The summed E-state index contributed by atoms with van der Waals surface area (Å²) in [4.78, 5) is 11.3. The number of methoxy groups -OCH3 is 2. The highest BCUT2D eigenvalue weighted by Gasteiger charge is 2.12. The highest BCUT2D eigenvalue weighted by molar-refractivity contribution is 5.86. The van der Waals surface area contributed by atoms with E-state index in [0.29, 0.717) is 12.2 Å². The minimum absolute atomic E-state index is 0.349. The summed E-state index contributed by atoms with van der Waals surface area (Å²) in [5, 5.41) is 0. The topological polar surface area (TPSA) is 44.8 Å². The van der Waals surface area contributed by atoms with E-state index in [1.807, 2.05) is 19.1 Å². The molecule has 0 atom stereocenters.